The lowest BCUT2D eigenvalue weighted by molar-refractivity contribution is 0.0885. The van der Waals surface area contributed by atoms with Crippen LogP contribution in [0.2, 0.25) is 0 Å². The lowest BCUT2D eigenvalue weighted by Crippen LogP contribution is -2.35. The van der Waals surface area contributed by atoms with Crippen LogP contribution in [-0.4, -0.2) is 34.4 Å². The first-order valence-corrected chi connectivity index (χ1v) is 9.06. The Morgan fingerprint density at radius 1 is 1.36 bits per heavy atom. The largest absolute Gasteiger partial charge is 0.380 e. The van der Waals surface area contributed by atoms with Crippen molar-refractivity contribution in [3.63, 3.8) is 0 Å². The first-order chi connectivity index (χ1) is 10.8. The molecule has 2 aliphatic rings. The lowest BCUT2D eigenvalue weighted by atomic mass is 9.95. The fourth-order valence-corrected chi connectivity index (χ4v) is 3.93. The molecule has 1 aliphatic heterocycles. The Morgan fingerprint density at radius 3 is 3.05 bits per heavy atom. The predicted octanol–water partition coefficient (Wildman–Crippen LogP) is 3.01. The summed E-state index contributed by atoms with van der Waals surface area (Å²) in [6.07, 6.45) is 4.75. The molecule has 3 heterocycles. The Bertz CT molecular complexity index is 618. The van der Waals surface area contributed by atoms with Crippen LogP contribution in [0.3, 0.4) is 0 Å². The van der Waals surface area contributed by atoms with E-state index < -0.39 is 0 Å². The van der Waals surface area contributed by atoms with Crippen LogP contribution < -0.4 is 0 Å². The Kier molecular flexibility index (Phi) is 4.03. The number of nitrogens with zero attached hydrogens (tertiary/aromatic N) is 3. The van der Waals surface area contributed by atoms with Gasteiger partial charge in [-0.1, -0.05) is 0 Å². The minimum Gasteiger partial charge on any atom is -0.380 e. The van der Waals surface area contributed by atoms with Crippen LogP contribution in [0.15, 0.2) is 23.0 Å². The van der Waals surface area contributed by atoms with Gasteiger partial charge in [0.1, 0.15) is 0 Å². The average Bonchev–Trinajstić information content (AvgIpc) is 3.05. The molecule has 2 aromatic rings. The van der Waals surface area contributed by atoms with Crippen molar-refractivity contribution in [3.8, 4) is 0 Å². The van der Waals surface area contributed by atoms with Crippen LogP contribution in [0.1, 0.15) is 35.6 Å². The molecular formula is C17H23N3OS. The number of rotatable bonds is 6. The molecule has 0 amide bonds. The summed E-state index contributed by atoms with van der Waals surface area (Å²) < 4.78 is 8.02. The van der Waals surface area contributed by atoms with Crippen LogP contribution in [-0.2, 0) is 24.9 Å². The third-order valence-electron chi connectivity index (χ3n) is 4.74. The van der Waals surface area contributed by atoms with Gasteiger partial charge in [0, 0.05) is 44.8 Å². The molecule has 4 nitrogen and oxygen atoms in total. The van der Waals surface area contributed by atoms with Crippen LogP contribution in [0.25, 0.3) is 0 Å². The summed E-state index contributed by atoms with van der Waals surface area (Å²) in [5.74, 6) is 1.29. The van der Waals surface area contributed by atoms with E-state index in [1.807, 2.05) is 10.9 Å². The maximum absolute atomic E-state index is 5.99. The van der Waals surface area contributed by atoms with Crippen molar-refractivity contribution in [1.29, 1.82) is 0 Å². The van der Waals surface area contributed by atoms with Gasteiger partial charge in [0.25, 0.3) is 0 Å². The van der Waals surface area contributed by atoms with Gasteiger partial charge in [-0.25, -0.2) is 0 Å². The van der Waals surface area contributed by atoms with Gasteiger partial charge in [-0.2, -0.15) is 16.4 Å². The fraction of sp³-hybridized carbons (Fsp3) is 0.588. The molecule has 4 rings (SSSR count). The number of aryl methyl sites for hydroxylation is 1. The third-order valence-corrected chi connectivity index (χ3v) is 5.47. The van der Waals surface area contributed by atoms with Crippen molar-refractivity contribution < 1.29 is 4.74 Å². The van der Waals surface area contributed by atoms with Gasteiger partial charge in [-0.15, -0.1) is 0 Å². The van der Waals surface area contributed by atoms with Crippen molar-refractivity contribution in [1.82, 2.24) is 14.7 Å². The summed E-state index contributed by atoms with van der Waals surface area (Å²) in [7, 11) is 2.05. The molecule has 0 N–H and O–H groups in total. The number of ether oxygens (including phenoxy) is 1. The molecule has 0 bridgehead atoms. The molecule has 0 unspecified atom stereocenters. The molecule has 2 aromatic heterocycles. The van der Waals surface area contributed by atoms with Crippen LogP contribution in [0.4, 0.5) is 0 Å². The first-order valence-electron chi connectivity index (χ1n) is 8.11. The van der Waals surface area contributed by atoms with E-state index in [0.29, 0.717) is 5.92 Å². The minimum absolute atomic E-state index is 0.454. The van der Waals surface area contributed by atoms with E-state index >= 15 is 0 Å². The molecule has 0 saturated heterocycles. The molecule has 1 atom stereocenters. The topological polar surface area (TPSA) is 30.3 Å². The zero-order valence-corrected chi connectivity index (χ0v) is 13.9. The van der Waals surface area contributed by atoms with Gasteiger partial charge in [-0.05, 0) is 41.1 Å². The second-order valence-electron chi connectivity index (χ2n) is 6.65. The maximum atomic E-state index is 5.99. The highest BCUT2D eigenvalue weighted by molar-refractivity contribution is 7.07. The second kappa shape index (κ2) is 6.14. The Balaban J connectivity index is 1.46. The van der Waals surface area contributed by atoms with E-state index in [1.165, 1.54) is 29.7 Å². The monoisotopic (exact) mass is 317 g/mol. The minimum atomic E-state index is 0.454. The molecule has 0 radical (unpaired) electrons. The standard InChI is InChI=1S/C17H23N3OS/c1-19-17-9-20(7-14-4-5-22-12-14)8-15(16(17)6-18-19)11-21-10-13-2-3-13/h4-6,12-13,15H,2-3,7-11H2,1H3/t15-/m1/s1. The normalized spacial score (nSPS) is 22.0. The third kappa shape index (κ3) is 3.12. The average molecular weight is 317 g/mol. The predicted molar refractivity (Wildman–Crippen MR) is 87.9 cm³/mol. The van der Waals surface area contributed by atoms with Crippen molar-refractivity contribution >= 4 is 11.3 Å². The number of fused-ring (bicyclic) bond motifs is 1. The fourth-order valence-electron chi connectivity index (χ4n) is 3.27. The van der Waals surface area contributed by atoms with E-state index in [1.54, 1.807) is 11.3 Å². The molecule has 22 heavy (non-hydrogen) atoms. The summed E-state index contributed by atoms with van der Waals surface area (Å²) in [4.78, 5) is 2.53. The maximum Gasteiger partial charge on any atom is 0.0557 e. The van der Waals surface area contributed by atoms with Crippen LogP contribution >= 0.6 is 11.3 Å². The smallest absolute Gasteiger partial charge is 0.0557 e. The molecule has 1 fully saturated rings. The van der Waals surface area contributed by atoms with Gasteiger partial charge in [0.05, 0.1) is 18.5 Å². The SMILES string of the molecule is Cn1ncc2c1CN(Cc1ccsc1)C[C@@H]2COCC1CC1. The zero-order valence-electron chi connectivity index (χ0n) is 13.1. The number of hydrogen-bond acceptors (Lipinski definition) is 4. The van der Waals surface area contributed by atoms with Crippen LogP contribution in [0.5, 0.6) is 0 Å². The molecule has 0 spiro atoms. The van der Waals surface area contributed by atoms with Gasteiger partial charge >= 0.3 is 0 Å². The Hall–Kier alpha value is -1.17. The van der Waals surface area contributed by atoms with E-state index in [2.05, 4.69) is 33.9 Å². The van der Waals surface area contributed by atoms with Crippen molar-refractivity contribution in [2.45, 2.75) is 31.8 Å². The molecule has 0 aromatic carbocycles. The lowest BCUT2D eigenvalue weighted by Gasteiger charge is -2.32. The highest BCUT2D eigenvalue weighted by Crippen LogP contribution is 2.32. The number of hydrogen-bond donors (Lipinski definition) is 0. The van der Waals surface area contributed by atoms with E-state index in [4.69, 9.17) is 4.74 Å². The molecule has 1 aliphatic carbocycles. The number of aromatic nitrogens is 2. The molecular weight excluding hydrogens is 294 g/mol. The van der Waals surface area contributed by atoms with E-state index in [9.17, 15) is 0 Å². The quantitative estimate of drug-likeness (QED) is 0.820. The van der Waals surface area contributed by atoms with E-state index in [0.717, 1.165) is 38.8 Å². The highest BCUT2D eigenvalue weighted by Gasteiger charge is 2.29. The van der Waals surface area contributed by atoms with Gasteiger partial charge in [0.2, 0.25) is 0 Å². The summed E-state index contributed by atoms with van der Waals surface area (Å²) in [6.45, 7) is 4.85. The van der Waals surface area contributed by atoms with Crippen molar-refractivity contribution in [2.24, 2.45) is 13.0 Å². The Labute approximate surface area is 135 Å². The first kappa shape index (κ1) is 14.4. The molecule has 5 heteroatoms. The summed E-state index contributed by atoms with van der Waals surface area (Å²) >= 11 is 1.77. The van der Waals surface area contributed by atoms with Gasteiger partial charge in [-0.3, -0.25) is 9.58 Å². The van der Waals surface area contributed by atoms with Gasteiger partial charge < -0.3 is 4.74 Å². The number of thiophene rings is 1. The second-order valence-corrected chi connectivity index (χ2v) is 7.43. The summed E-state index contributed by atoms with van der Waals surface area (Å²) in [6, 6.07) is 2.22. The summed E-state index contributed by atoms with van der Waals surface area (Å²) in [5.41, 5.74) is 4.15. The zero-order chi connectivity index (χ0) is 14.9. The summed E-state index contributed by atoms with van der Waals surface area (Å²) in [5, 5.41) is 8.88. The van der Waals surface area contributed by atoms with Gasteiger partial charge in [0.15, 0.2) is 0 Å². The molecule has 1 saturated carbocycles. The van der Waals surface area contributed by atoms with Crippen LogP contribution in [0, 0.1) is 5.92 Å². The highest BCUT2D eigenvalue weighted by atomic mass is 32.1. The Morgan fingerprint density at radius 2 is 2.27 bits per heavy atom. The van der Waals surface area contributed by atoms with Crippen molar-refractivity contribution in [2.75, 3.05) is 19.8 Å². The van der Waals surface area contributed by atoms with E-state index in [-0.39, 0.29) is 0 Å². The van der Waals surface area contributed by atoms with Crippen molar-refractivity contribution in [3.05, 3.63) is 39.8 Å². The molecule has 118 valence electrons.